The van der Waals surface area contributed by atoms with Crippen molar-refractivity contribution in [2.45, 2.75) is 25.9 Å². The predicted octanol–water partition coefficient (Wildman–Crippen LogP) is 0.697. The molecule has 0 saturated carbocycles. The van der Waals surface area contributed by atoms with E-state index in [1.165, 1.54) is 12.1 Å². The fourth-order valence-corrected chi connectivity index (χ4v) is 2.57. The van der Waals surface area contributed by atoms with Crippen LogP contribution in [0.4, 0.5) is 4.39 Å². The molecule has 21 heavy (non-hydrogen) atoms. The molecule has 1 fully saturated rings. The first-order valence-electron chi connectivity index (χ1n) is 6.57. The van der Waals surface area contributed by atoms with Gasteiger partial charge in [-0.15, -0.1) is 0 Å². The van der Waals surface area contributed by atoms with E-state index in [1.807, 2.05) is 6.92 Å². The molecule has 1 unspecified atom stereocenters. The summed E-state index contributed by atoms with van der Waals surface area (Å²) in [7, 11) is 0. The number of nitrogens with zero attached hydrogens (tertiary/aromatic N) is 1. The fraction of sp³-hybridized carbons (Fsp3) is 0.357. The SMILES string of the molecule is CCC1C(=O)NC(=O)CN1Cc1cc(F)cc(C(N)=S)c1. The minimum absolute atomic E-state index is 0.100. The highest BCUT2D eigenvalue weighted by atomic mass is 32.1. The standard InChI is InChI=1S/C14H16FN3O2S/c1-2-11-14(20)17-12(19)7-18(11)6-8-3-9(13(16)21)5-10(15)4-8/h3-5,11H,2,6-7H2,1H3,(H2,16,21)(H,17,19,20). The molecule has 0 radical (unpaired) electrons. The molecule has 1 aromatic carbocycles. The lowest BCUT2D eigenvalue weighted by Crippen LogP contribution is -2.57. The lowest BCUT2D eigenvalue weighted by Gasteiger charge is -2.33. The van der Waals surface area contributed by atoms with Gasteiger partial charge in [-0.2, -0.15) is 0 Å². The molecule has 1 aliphatic rings. The van der Waals surface area contributed by atoms with Gasteiger partial charge in [0.05, 0.1) is 12.6 Å². The molecule has 5 nitrogen and oxygen atoms in total. The molecule has 1 aliphatic heterocycles. The first-order chi connectivity index (χ1) is 9.90. The second-order valence-corrected chi connectivity index (χ2v) is 5.39. The Morgan fingerprint density at radius 3 is 2.81 bits per heavy atom. The van der Waals surface area contributed by atoms with Crippen LogP contribution in [0, 0.1) is 5.82 Å². The van der Waals surface area contributed by atoms with Crippen molar-refractivity contribution < 1.29 is 14.0 Å². The highest BCUT2D eigenvalue weighted by Crippen LogP contribution is 2.16. The van der Waals surface area contributed by atoms with Crippen LogP contribution in [0.5, 0.6) is 0 Å². The number of carbonyl (C=O) groups is 2. The zero-order valence-corrected chi connectivity index (χ0v) is 12.4. The first-order valence-corrected chi connectivity index (χ1v) is 6.98. The Labute approximate surface area is 127 Å². The van der Waals surface area contributed by atoms with Gasteiger partial charge < -0.3 is 5.73 Å². The summed E-state index contributed by atoms with van der Waals surface area (Å²) in [4.78, 5) is 25.1. The zero-order valence-electron chi connectivity index (χ0n) is 11.6. The van der Waals surface area contributed by atoms with Crippen LogP contribution in [0.2, 0.25) is 0 Å². The van der Waals surface area contributed by atoms with Crippen LogP contribution in [0.3, 0.4) is 0 Å². The number of hydrogen-bond donors (Lipinski definition) is 2. The molecule has 2 amide bonds. The van der Waals surface area contributed by atoms with Crippen LogP contribution in [0.25, 0.3) is 0 Å². The Balaban J connectivity index is 2.25. The third-order valence-corrected chi connectivity index (χ3v) is 3.60. The van der Waals surface area contributed by atoms with E-state index >= 15 is 0 Å². The maximum Gasteiger partial charge on any atom is 0.243 e. The Morgan fingerprint density at radius 1 is 1.48 bits per heavy atom. The Morgan fingerprint density at radius 2 is 2.19 bits per heavy atom. The van der Waals surface area contributed by atoms with Gasteiger partial charge >= 0.3 is 0 Å². The van der Waals surface area contributed by atoms with Gasteiger partial charge in [-0.25, -0.2) is 4.39 Å². The molecular weight excluding hydrogens is 293 g/mol. The van der Waals surface area contributed by atoms with Gasteiger partial charge in [-0.05, 0) is 30.2 Å². The van der Waals surface area contributed by atoms with E-state index in [4.69, 9.17) is 18.0 Å². The number of imide groups is 1. The molecule has 1 saturated heterocycles. The molecule has 2 rings (SSSR count). The summed E-state index contributed by atoms with van der Waals surface area (Å²) >= 11 is 4.85. The topological polar surface area (TPSA) is 75.4 Å². The van der Waals surface area contributed by atoms with Gasteiger partial charge in [0.1, 0.15) is 10.8 Å². The van der Waals surface area contributed by atoms with Crippen LogP contribution in [0.1, 0.15) is 24.5 Å². The average molecular weight is 309 g/mol. The van der Waals surface area contributed by atoms with Crippen molar-refractivity contribution >= 4 is 29.0 Å². The number of nitrogens with one attached hydrogen (secondary N) is 1. The molecule has 0 spiro atoms. The summed E-state index contributed by atoms with van der Waals surface area (Å²) in [6.07, 6.45) is 0.566. The van der Waals surface area contributed by atoms with E-state index < -0.39 is 11.9 Å². The van der Waals surface area contributed by atoms with Crippen molar-refractivity contribution in [2.24, 2.45) is 5.73 Å². The number of benzene rings is 1. The molecule has 1 aromatic rings. The first kappa shape index (κ1) is 15.5. The molecule has 112 valence electrons. The number of hydrogen-bond acceptors (Lipinski definition) is 4. The summed E-state index contributed by atoms with van der Waals surface area (Å²) < 4.78 is 13.6. The number of nitrogens with two attached hydrogens (primary N) is 1. The molecule has 3 N–H and O–H groups in total. The van der Waals surface area contributed by atoms with Crippen molar-refractivity contribution in [3.8, 4) is 0 Å². The average Bonchev–Trinajstić information content (AvgIpc) is 2.37. The summed E-state index contributed by atoms with van der Waals surface area (Å²) in [6, 6.07) is 3.89. The highest BCUT2D eigenvalue weighted by Gasteiger charge is 2.32. The van der Waals surface area contributed by atoms with Gasteiger partial charge in [0.15, 0.2) is 0 Å². The van der Waals surface area contributed by atoms with Gasteiger partial charge in [-0.3, -0.25) is 19.8 Å². The molecule has 0 aromatic heterocycles. The Hall–Kier alpha value is -1.86. The summed E-state index contributed by atoms with van der Waals surface area (Å²) in [5.74, 6) is -1.12. The monoisotopic (exact) mass is 309 g/mol. The van der Waals surface area contributed by atoms with E-state index in [9.17, 15) is 14.0 Å². The second kappa shape index (κ2) is 6.28. The number of thiocarbonyl (C=S) groups is 1. The maximum absolute atomic E-state index is 13.6. The Kier molecular flexibility index (Phi) is 4.64. The van der Waals surface area contributed by atoms with Gasteiger partial charge in [0.2, 0.25) is 11.8 Å². The molecule has 1 atom stereocenters. The number of rotatable bonds is 4. The van der Waals surface area contributed by atoms with Crippen LogP contribution < -0.4 is 11.1 Å². The molecule has 0 aliphatic carbocycles. The van der Waals surface area contributed by atoms with E-state index in [2.05, 4.69) is 5.32 Å². The summed E-state index contributed by atoms with van der Waals surface area (Å²) in [6.45, 7) is 2.24. The van der Waals surface area contributed by atoms with Crippen LogP contribution in [-0.4, -0.2) is 34.3 Å². The largest absolute Gasteiger partial charge is 0.389 e. The highest BCUT2D eigenvalue weighted by molar-refractivity contribution is 7.80. The Bertz CT molecular complexity index is 606. The minimum atomic E-state index is -0.448. The fourth-order valence-electron chi connectivity index (χ4n) is 2.45. The smallest absolute Gasteiger partial charge is 0.243 e. The van der Waals surface area contributed by atoms with Crippen molar-refractivity contribution in [1.82, 2.24) is 10.2 Å². The number of amides is 2. The molecule has 1 heterocycles. The quantitative estimate of drug-likeness (QED) is 0.632. The van der Waals surface area contributed by atoms with E-state index in [-0.39, 0.29) is 29.9 Å². The van der Waals surface area contributed by atoms with Crippen molar-refractivity contribution in [3.63, 3.8) is 0 Å². The van der Waals surface area contributed by atoms with Crippen LogP contribution >= 0.6 is 12.2 Å². The summed E-state index contributed by atoms with van der Waals surface area (Å²) in [5, 5.41) is 2.30. The lowest BCUT2D eigenvalue weighted by atomic mass is 10.1. The third-order valence-electron chi connectivity index (χ3n) is 3.37. The van der Waals surface area contributed by atoms with Gasteiger partial charge in [-0.1, -0.05) is 19.1 Å². The molecule has 0 bridgehead atoms. The minimum Gasteiger partial charge on any atom is -0.389 e. The van der Waals surface area contributed by atoms with Gasteiger partial charge in [0, 0.05) is 12.1 Å². The van der Waals surface area contributed by atoms with E-state index in [0.29, 0.717) is 17.5 Å². The summed E-state index contributed by atoms with van der Waals surface area (Å²) in [5.41, 5.74) is 6.57. The van der Waals surface area contributed by atoms with Crippen molar-refractivity contribution in [1.29, 1.82) is 0 Å². The lowest BCUT2D eigenvalue weighted by molar-refractivity contribution is -0.140. The molecular formula is C14H16FN3O2S. The van der Waals surface area contributed by atoms with Crippen molar-refractivity contribution in [3.05, 3.63) is 35.1 Å². The van der Waals surface area contributed by atoms with Gasteiger partial charge in [0.25, 0.3) is 0 Å². The number of piperazine rings is 1. The molecule has 7 heteroatoms. The zero-order chi connectivity index (χ0) is 15.6. The van der Waals surface area contributed by atoms with E-state index in [1.54, 1.807) is 11.0 Å². The number of halogens is 1. The predicted molar refractivity (Wildman–Crippen MR) is 79.9 cm³/mol. The third kappa shape index (κ3) is 3.62. The van der Waals surface area contributed by atoms with Crippen LogP contribution in [-0.2, 0) is 16.1 Å². The van der Waals surface area contributed by atoms with Crippen molar-refractivity contribution in [2.75, 3.05) is 6.54 Å². The normalized spacial score (nSPS) is 19.4. The number of carbonyl (C=O) groups excluding carboxylic acids is 2. The van der Waals surface area contributed by atoms with Crippen LogP contribution in [0.15, 0.2) is 18.2 Å². The second-order valence-electron chi connectivity index (χ2n) is 4.95. The van der Waals surface area contributed by atoms with E-state index in [0.717, 1.165) is 0 Å². The maximum atomic E-state index is 13.6.